The fraction of sp³-hybridized carbons (Fsp3) is 0.881. The highest BCUT2D eigenvalue weighted by Gasteiger charge is 2.19. The summed E-state index contributed by atoms with van der Waals surface area (Å²) in [6, 6.07) is 0. The second-order valence-corrected chi connectivity index (χ2v) is 13.9. The van der Waals surface area contributed by atoms with Gasteiger partial charge in [-0.3, -0.25) is 14.4 Å². The van der Waals surface area contributed by atoms with E-state index in [1.807, 2.05) is 0 Å². The zero-order valence-corrected chi connectivity index (χ0v) is 32.0. The Balaban J connectivity index is 4.32. The van der Waals surface area contributed by atoms with Gasteiger partial charge in [-0.05, 0) is 44.9 Å². The van der Waals surface area contributed by atoms with E-state index in [0.29, 0.717) is 19.3 Å². The number of rotatable bonds is 37. The van der Waals surface area contributed by atoms with Gasteiger partial charge in [0.05, 0.1) is 0 Å². The van der Waals surface area contributed by atoms with Crippen molar-refractivity contribution < 1.29 is 28.6 Å². The van der Waals surface area contributed by atoms with Crippen LogP contribution in [-0.2, 0) is 28.6 Å². The predicted octanol–water partition coefficient (Wildman–Crippen LogP) is 12.7. The van der Waals surface area contributed by atoms with E-state index in [4.69, 9.17) is 14.2 Å². The molecule has 0 aliphatic heterocycles. The SMILES string of the molecule is CCCCCC/C=C\CCCCCCCC(=O)OCC(COC(=O)CCCCCCCCC)OC(=O)CCCCCCCCCCCC. The zero-order chi connectivity index (χ0) is 35.2. The third kappa shape index (κ3) is 35.5. The molecule has 0 aliphatic rings. The van der Waals surface area contributed by atoms with Crippen molar-refractivity contribution in [3.8, 4) is 0 Å². The van der Waals surface area contributed by atoms with E-state index in [2.05, 4.69) is 32.9 Å². The highest BCUT2D eigenvalue weighted by molar-refractivity contribution is 5.71. The molecule has 0 saturated carbocycles. The van der Waals surface area contributed by atoms with E-state index in [9.17, 15) is 14.4 Å². The van der Waals surface area contributed by atoms with Gasteiger partial charge < -0.3 is 14.2 Å². The van der Waals surface area contributed by atoms with Gasteiger partial charge in [-0.2, -0.15) is 0 Å². The van der Waals surface area contributed by atoms with E-state index >= 15 is 0 Å². The Morgan fingerprint density at radius 1 is 0.396 bits per heavy atom. The predicted molar refractivity (Wildman–Crippen MR) is 201 cm³/mol. The average Bonchev–Trinajstić information content (AvgIpc) is 3.08. The first kappa shape index (κ1) is 46.1. The molecule has 48 heavy (non-hydrogen) atoms. The molecule has 0 aliphatic carbocycles. The quantitative estimate of drug-likeness (QED) is 0.0282. The van der Waals surface area contributed by atoms with Crippen molar-refractivity contribution in [2.24, 2.45) is 0 Å². The molecule has 6 heteroatoms. The minimum atomic E-state index is -0.762. The molecule has 282 valence electrons. The minimum absolute atomic E-state index is 0.0699. The summed E-state index contributed by atoms with van der Waals surface area (Å²) in [5, 5.41) is 0. The van der Waals surface area contributed by atoms with Crippen LogP contribution in [0.25, 0.3) is 0 Å². The van der Waals surface area contributed by atoms with Crippen LogP contribution in [0.3, 0.4) is 0 Å². The van der Waals surface area contributed by atoms with E-state index in [0.717, 1.165) is 64.2 Å². The standard InChI is InChI=1S/C42H78O6/c1-4-7-10-13-16-18-20-21-22-24-26-29-32-35-41(44)47-38-39(37-46-40(43)34-31-28-25-15-12-9-6-3)48-42(45)36-33-30-27-23-19-17-14-11-8-5-2/h18,20,39H,4-17,19,21-38H2,1-3H3/b20-18-. The molecular formula is C42H78O6. The molecule has 0 fully saturated rings. The van der Waals surface area contributed by atoms with Crippen LogP contribution in [0, 0.1) is 0 Å². The molecule has 0 radical (unpaired) electrons. The number of ether oxygens (including phenoxy) is 3. The number of hydrogen-bond donors (Lipinski definition) is 0. The Hall–Kier alpha value is -1.85. The number of hydrogen-bond acceptors (Lipinski definition) is 6. The van der Waals surface area contributed by atoms with Gasteiger partial charge in [0.15, 0.2) is 6.10 Å². The van der Waals surface area contributed by atoms with Gasteiger partial charge in [0.25, 0.3) is 0 Å². The third-order valence-corrected chi connectivity index (χ3v) is 9.02. The second kappa shape index (κ2) is 38.0. The van der Waals surface area contributed by atoms with E-state index in [1.165, 1.54) is 116 Å². The number of allylic oxidation sites excluding steroid dienone is 2. The fourth-order valence-electron chi connectivity index (χ4n) is 5.85. The van der Waals surface area contributed by atoms with Gasteiger partial charge in [-0.1, -0.05) is 168 Å². The van der Waals surface area contributed by atoms with Crippen molar-refractivity contribution >= 4 is 17.9 Å². The third-order valence-electron chi connectivity index (χ3n) is 9.02. The molecule has 0 N–H and O–H groups in total. The molecule has 0 aromatic rings. The summed E-state index contributed by atoms with van der Waals surface area (Å²) in [5.41, 5.74) is 0. The molecule has 0 saturated heterocycles. The summed E-state index contributed by atoms with van der Waals surface area (Å²) >= 11 is 0. The lowest BCUT2D eigenvalue weighted by Crippen LogP contribution is -2.30. The summed E-state index contributed by atoms with van der Waals surface area (Å²) < 4.78 is 16.6. The maximum atomic E-state index is 12.6. The topological polar surface area (TPSA) is 78.9 Å². The number of carbonyl (C=O) groups is 3. The number of unbranched alkanes of at least 4 members (excludes halogenated alkanes) is 24. The monoisotopic (exact) mass is 679 g/mol. The molecule has 0 rings (SSSR count). The lowest BCUT2D eigenvalue weighted by Gasteiger charge is -2.18. The van der Waals surface area contributed by atoms with Crippen LogP contribution in [0.2, 0.25) is 0 Å². The van der Waals surface area contributed by atoms with Gasteiger partial charge in [0, 0.05) is 19.3 Å². The second-order valence-electron chi connectivity index (χ2n) is 13.9. The molecule has 1 atom stereocenters. The Kier molecular flexibility index (Phi) is 36.5. The Morgan fingerprint density at radius 3 is 1.06 bits per heavy atom. The molecule has 0 bridgehead atoms. The summed E-state index contributed by atoms with van der Waals surface area (Å²) in [5.74, 6) is -0.885. The first-order valence-corrected chi connectivity index (χ1v) is 20.7. The molecule has 0 amide bonds. The summed E-state index contributed by atoms with van der Waals surface area (Å²) in [6.07, 6.45) is 37.7. The molecular weight excluding hydrogens is 600 g/mol. The minimum Gasteiger partial charge on any atom is -0.462 e. The fourth-order valence-corrected chi connectivity index (χ4v) is 5.85. The first-order chi connectivity index (χ1) is 23.5. The Morgan fingerprint density at radius 2 is 0.688 bits per heavy atom. The highest BCUT2D eigenvalue weighted by Crippen LogP contribution is 2.14. The zero-order valence-electron chi connectivity index (χ0n) is 32.0. The molecule has 0 heterocycles. The molecule has 0 aromatic heterocycles. The smallest absolute Gasteiger partial charge is 0.306 e. The first-order valence-electron chi connectivity index (χ1n) is 20.7. The number of esters is 3. The van der Waals surface area contributed by atoms with Crippen molar-refractivity contribution in [3.05, 3.63) is 12.2 Å². The van der Waals surface area contributed by atoms with Gasteiger partial charge >= 0.3 is 17.9 Å². The average molecular weight is 679 g/mol. The van der Waals surface area contributed by atoms with E-state index in [-0.39, 0.29) is 31.1 Å². The number of carbonyl (C=O) groups excluding carboxylic acids is 3. The summed E-state index contributed by atoms with van der Waals surface area (Å²) in [4.78, 5) is 37.4. The van der Waals surface area contributed by atoms with Crippen LogP contribution < -0.4 is 0 Å². The van der Waals surface area contributed by atoms with Gasteiger partial charge in [-0.15, -0.1) is 0 Å². The van der Waals surface area contributed by atoms with Crippen LogP contribution in [0.5, 0.6) is 0 Å². The van der Waals surface area contributed by atoms with Crippen molar-refractivity contribution in [2.45, 2.75) is 226 Å². The molecule has 0 aromatic carbocycles. The van der Waals surface area contributed by atoms with Crippen LogP contribution in [0.1, 0.15) is 220 Å². The largest absolute Gasteiger partial charge is 0.462 e. The normalized spacial score (nSPS) is 12.0. The van der Waals surface area contributed by atoms with Crippen LogP contribution >= 0.6 is 0 Å². The van der Waals surface area contributed by atoms with E-state index < -0.39 is 6.10 Å². The van der Waals surface area contributed by atoms with Gasteiger partial charge in [-0.25, -0.2) is 0 Å². The maximum Gasteiger partial charge on any atom is 0.306 e. The van der Waals surface area contributed by atoms with Crippen LogP contribution in [-0.4, -0.2) is 37.2 Å². The van der Waals surface area contributed by atoms with Crippen LogP contribution in [0.4, 0.5) is 0 Å². The molecule has 6 nitrogen and oxygen atoms in total. The Labute approximate surface area is 297 Å². The lowest BCUT2D eigenvalue weighted by atomic mass is 10.1. The van der Waals surface area contributed by atoms with Gasteiger partial charge in [0.1, 0.15) is 13.2 Å². The van der Waals surface area contributed by atoms with Crippen molar-refractivity contribution in [2.75, 3.05) is 13.2 Å². The van der Waals surface area contributed by atoms with Crippen molar-refractivity contribution in [1.82, 2.24) is 0 Å². The van der Waals surface area contributed by atoms with E-state index in [1.54, 1.807) is 0 Å². The van der Waals surface area contributed by atoms with Crippen molar-refractivity contribution in [3.63, 3.8) is 0 Å². The lowest BCUT2D eigenvalue weighted by molar-refractivity contribution is -0.167. The van der Waals surface area contributed by atoms with Gasteiger partial charge in [0.2, 0.25) is 0 Å². The molecule has 1 unspecified atom stereocenters. The summed E-state index contributed by atoms with van der Waals surface area (Å²) in [6.45, 7) is 6.55. The molecule has 0 spiro atoms. The maximum absolute atomic E-state index is 12.6. The highest BCUT2D eigenvalue weighted by atomic mass is 16.6. The summed E-state index contributed by atoms with van der Waals surface area (Å²) in [7, 11) is 0. The van der Waals surface area contributed by atoms with Crippen LogP contribution in [0.15, 0.2) is 12.2 Å². The van der Waals surface area contributed by atoms with Crippen molar-refractivity contribution in [1.29, 1.82) is 0 Å². The Bertz CT molecular complexity index is 748.